The van der Waals surface area contributed by atoms with Crippen molar-refractivity contribution < 1.29 is 17.9 Å². The Labute approximate surface area is 166 Å². The van der Waals surface area contributed by atoms with Gasteiger partial charge < -0.3 is 9.64 Å². The molecule has 0 radical (unpaired) electrons. The molecule has 28 heavy (non-hydrogen) atoms. The van der Waals surface area contributed by atoms with Crippen LogP contribution in [-0.2, 0) is 21.3 Å². The Morgan fingerprint density at radius 1 is 1.11 bits per heavy atom. The van der Waals surface area contributed by atoms with Crippen molar-refractivity contribution in [3.63, 3.8) is 0 Å². The Morgan fingerprint density at radius 3 is 2.39 bits per heavy atom. The first-order valence-electron chi connectivity index (χ1n) is 9.35. The largest absolute Gasteiger partial charge is 0.372 e. The summed E-state index contributed by atoms with van der Waals surface area (Å²) in [6.07, 6.45) is -0.0973. The Morgan fingerprint density at radius 2 is 1.75 bits per heavy atom. The van der Waals surface area contributed by atoms with Gasteiger partial charge in [-0.15, -0.1) is 0 Å². The predicted molar refractivity (Wildman–Crippen MR) is 108 cm³/mol. The molecule has 0 spiro atoms. The molecule has 1 aliphatic rings. The molecule has 6 nitrogen and oxygen atoms in total. The second-order valence-corrected chi connectivity index (χ2v) is 9.02. The highest BCUT2D eigenvalue weighted by Gasteiger charge is 2.28. The number of nitrogens with zero attached hydrogens (tertiary/aromatic N) is 1. The van der Waals surface area contributed by atoms with Crippen LogP contribution in [0, 0.1) is 6.92 Å². The quantitative estimate of drug-likeness (QED) is 0.834. The molecule has 150 valence electrons. The number of carbonyl (C=O) groups is 1. The topological polar surface area (TPSA) is 75.7 Å². The molecule has 1 aliphatic heterocycles. The maximum atomic E-state index is 13.0. The fourth-order valence-electron chi connectivity index (χ4n) is 3.37. The normalized spacial score (nSPS) is 20.2. The zero-order chi connectivity index (χ0) is 20.3. The van der Waals surface area contributed by atoms with Crippen molar-refractivity contribution in [1.82, 2.24) is 9.62 Å². The molecule has 7 heteroatoms. The van der Waals surface area contributed by atoms with E-state index in [9.17, 15) is 13.2 Å². The van der Waals surface area contributed by atoms with Crippen molar-refractivity contribution in [2.45, 2.75) is 44.4 Å². The molecule has 1 amide bonds. The fourth-order valence-corrected chi connectivity index (χ4v) is 4.41. The second kappa shape index (κ2) is 8.43. The van der Waals surface area contributed by atoms with Crippen LogP contribution in [0.2, 0.25) is 0 Å². The van der Waals surface area contributed by atoms with E-state index in [4.69, 9.17) is 4.74 Å². The van der Waals surface area contributed by atoms with Crippen LogP contribution in [0.4, 0.5) is 0 Å². The van der Waals surface area contributed by atoms with Crippen molar-refractivity contribution in [2.75, 3.05) is 13.1 Å². The summed E-state index contributed by atoms with van der Waals surface area (Å²) in [7, 11) is -3.73. The smallest absolute Gasteiger partial charge is 0.254 e. The third kappa shape index (κ3) is 4.79. The molecule has 0 aliphatic carbocycles. The van der Waals surface area contributed by atoms with E-state index < -0.39 is 10.0 Å². The van der Waals surface area contributed by atoms with E-state index in [1.807, 2.05) is 51.1 Å². The molecule has 0 bridgehead atoms. The average molecular weight is 403 g/mol. The van der Waals surface area contributed by atoms with Crippen LogP contribution < -0.4 is 4.72 Å². The van der Waals surface area contributed by atoms with Gasteiger partial charge in [0.05, 0.1) is 17.1 Å². The summed E-state index contributed by atoms with van der Waals surface area (Å²) in [6.45, 7) is 6.85. The van der Waals surface area contributed by atoms with E-state index in [0.717, 1.165) is 11.1 Å². The lowest BCUT2D eigenvalue weighted by molar-refractivity contribution is -0.0586. The number of amides is 1. The van der Waals surface area contributed by atoms with Crippen LogP contribution in [0.15, 0.2) is 53.4 Å². The van der Waals surface area contributed by atoms with Crippen LogP contribution in [-0.4, -0.2) is 44.5 Å². The molecule has 0 saturated carbocycles. The number of morpholine rings is 1. The van der Waals surface area contributed by atoms with Gasteiger partial charge in [-0.05, 0) is 44.0 Å². The molecule has 2 aromatic carbocycles. The van der Waals surface area contributed by atoms with Crippen molar-refractivity contribution in [3.8, 4) is 0 Å². The first kappa shape index (κ1) is 20.5. The van der Waals surface area contributed by atoms with E-state index in [-0.39, 0.29) is 29.6 Å². The summed E-state index contributed by atoms with van der Waals surface area (Å²) in [6, 6.07) is 14.0. The molecule has 1 fully saturated rings. The van der Waals surface area contributed by atoms with Crippen LogP contribution in [0.1, 0.15) is 35.3 Å². The van der Waals surface area contributed by atoms with Gasteiger partial charge in [0.15, 0.2) is 0 Å². The zero-order valence-electron chi connectivity index (χ0n) is 16.4. The van der Waals surface area contributed by atoms with Crippen molar-refractivity contribution in [3.05, 3.63) is 65.2 Å². The van der Waals surface area contributed by atoms with Crippen LogP contribution in [0.5, 0.6) is 0 Å². The molecule has 0 unspecified atom stereocenters. The summed E-state index contributed by atoms with van der Waals surface area (Å²) in [5, 5.41) is 0. The van der Waals surface area contributed by atoms with Crippen LogP contribution in [0.25, 0.3) is 0 Å². The predicted octanol–water partition coefficient (Wildman–Crippen LogP) is 2.72. The van der Waals surface area contributed by atoms with Crippen LogP contribution >= 0.6 is 0 Å². The number of hydrogen-bond acceptors (Lipinski definition) is 4. The van der Waals surface area contributed by atoms with E-state index in [0.29, 0.717) is 18.7 Å². The van der Waals surface area contributed by atoms with Gasteiger partial charge in [0.1, 0.15) is 0 Å². The van der Waals surface area contributed by atoms with Gasteiger partial charge in [0, 0.05) is 25.2 Å². The minimum Gasteiger partial charge on any atom is -0.372 e. The minimum atomic E-state index is -3.73. The SMILES string of the molecule is Cc1ccc(S(=O)(=O)NCc2ccccc2)cc1C(=O)N1C[C@@H](C)O[C@H](C)C1. The van der Waals surface area contributed by atoms with E-state index >= 15 is 0 Å². The van der Waals surface area contributed by atoms with E-state index in [1.54, 1.807) is 11.0 Å². The fraction of sp³-hybridized carbons (Fsp3) is 0.381. The highest BCUT2D eigenvalue weighted by atomic mass is 32.2. The molecule has 0 aromatic heterocycles. The second-order valence-electron chi connectivity index (χ2n) is 7.25. The number of hydrogen-bond donors (Lipinski definition) is 1. The van der Waals surface area contributed by atoms with Crippen molar-refractivity contribution in [2.24, 2.45) is 0 Å². The molecule has 1 heterocycles. The maximum Gasteiger partial charge on any atom is 0.254 e. The third-order valence-electron chi connectivity index (χ3n) is 4.77. The van der Waals surface area contributed by atoms with E-state index in [2.05, 4.69) is 4.72 Å². The molecular weight excluding hydrogens is 376 g/mol. The lowest BCUT2D eigenvalue weighted by atomic mass is 10.1. The lowest BCUT2D eigenvalue weighted by Crippen LogP contribution is -2.48. The van der Waals surface area contributed by atoms with Gasteiger partial charge in [0.2, 0.25) is 10.0 Å². The van der Waals surface area contributed by atoms with Gasteiger partial charge in [-0.3, -0.25) is 4.79 Å². The van der Waals surface area contributed by atoms with E-state index in [1.165, 1.54) is 12.1 Å². The molecular formula is C21H26N2O4S. The molecule has 2 atom stereocenters. The van der Waals surface area contributed by atoms with Gasteiger partial charge in [-0.2, -0.15) is 0 Å². The number of sulfonamides is 1. The molecule has 1 saturated heterocycles. The summed E-state index contributed by atoms with van der Waals surface area (Å²) in [5.74, 6) is -0.167. The number of ether oxygens (including phenoxy) is 1. The summed E-state index contributed by atoms with van der Waals surface area (Å²) in [4.78, 5) is 14.8. The first-order valence-corrected chi connectivity index (χ1v) is 10.8. The van der Waals surface area contributed by atoms with Gasteiger partial charge >= 0.3 is 0 Å². The average Bonchev–Trinajstić information content (AvgIpc) is 2.66. The summed E-state index contributed by atoms with van der Waals surface area (Å²) in [5.41, 5.74) is 2.02. The molecule has 2 aromatic rings. The Balaban J connectivity index is 1.81. The number of benzene rings is 2. The van der Waals surface area contributed by atoms with Crippen LogP contribution in [0.3, 0.4) is 0 Å². The highest BCUT2D eigenvalue weighted by Crippen LogP contribution is 2.20. The standard InChI is InChI=1S/C21H26N2O4S/c1-15-9-10-19(28(25,26)22-12-18-7-5-4-6-8-18)11-20(15)21(24)23-13-16(2)27-17(3)14-23/h4-11,16-17,22H,12-14H2,1-3H3/t16-,17-/m1/s1. The Kier molecular flexibility index (Phi) is 6.17. The molecule has 1 N–H and O–H groups in total. The Bertz CT molecular complexity index is 934. The minimum absolute atomic E-state index is 0.0486. The number of rotatable bonds is 5. The number of aryl methyl sites for hydroxylation is 1. The van der Waals surface area contributed by atoms with Gasteiger partial charge in [-0.25, -0.2) is 13.1 Å². The monoisotopic (exact) mass is 402 g/mol. The zero-order valence-corrected chi connectivity index (χ0v) is 17.2. The highest BCUT2D eigenvalue weighted by molar-refractivity contribution is 7.89. The van der Waals surface area contributed by atoms with Crippen molar-refractivity contribution in [1.29, 1.82) is 0 Å². The molecule has 3 rings (SSSR count). The van der Waals surface area contributed by atoms with Gasteiger partial charge in [-0.1, -0.05) is 36.4 Å². The number of nitrogens with one attached hydrogen (secondary N) is 1. The lowest BCUT2D eigenvalue weighted by Gasteiger charge is -2.35. The van der Waals surface area contributed by atoms with Crippen molar-refractivity contribution >= 4 is 15.9 Å². The maximum absolute atomic E-state index is 13.0. The summed E-state index contributed by atoms with van der Waals surface area (Å²) >= 11 is 0. The third-order valence-corrected chi connectivity index (χ3v) is 6.16. The van der Waals surface area contributed by atoms with Gasteiger partial charge in [0.25, 0.3) is 5.91 Å². The summed E-state index contributed by atoms with van der Waals surface area (Å²) < 4.78 is 33.7. The first-order chi connectivity index (χ1) is 13.3. The number of carbonyl (C=O) groups excluding carboxylic acids is 1. The Hall–Kier alpha value is -2.22.